The Morgan fingerprint density at radius 1 is 1.11 bits per heavy atom. The van der Waals surface area contributed by atoms with E-state index in [-0.39, 0.29) is 24.0 Å². The van der Waals surface area contributed by atoms with Gasteiger partial charge < -0.3 is 14.8 Å². The maximum Gasteiger partial charge on any atom is 0.193 e. The minimum Gasteiger partial charge on any atom is -0.352 e. The van der Waals surface area contributed by atoms with Gasteiger partial charge in [0, 0.05) is 45.6 Å². The quantitative estimate of drug-likeness (QED) is 0.413. The molecule has 5 nitrogen and oxygen atoms in total. The second kappa shape index (κ2) is 9.57. The number of hydrogen-bond donors (Lipinski definition) is 1. The van der Waals surface area contributed by atoms with Gasteiger partial charge in [-0.15, -0.1) is 24.0 Å². The lowest BCUT2D eigenvalue weighted by Gasteiger charge is -2.22. The Hall–Kier alpha value is -1.57. The first-order valence-electron chi connectivity index (χ1n) is 9.81. The number of guanidine groups is 1. The van der Waals surface area contributed by atoms with E-state index in [1.807, 2.05) is 25.8 Å². The standard InChI is InChI=1S/C21H29N5.HI/c1-22-21(26-14-19-4-2-3-5-20(19)15-26)24-12-17-6-8-18(9-7-17)13-25-11-10-23-16-25;/h6-11,16,19-20H,2-5,12-15H2,1H3,(H,22,24);1H. The molecule has 1 aromatic carbocycles. The third-order valence-corrected chi connectivity index (χ3v) is 5.89. The van der Waals surface area contributed by atoms with Crippen molar-refractivity contribution < 1.29 is 0 Å². The molecule has 0 radical (unpaired) electrons. The SMILES string of the molecule is CN=C(NCc1ccc(Cn2ccnc2)cc1)N1CC2CCCCC2C1.I. The molecule has 1 aliphatic carbocycles. The number of benzene rings is 1. The third-order valence-electron chi connectivity index (χ3n) is 5.89. The topological polar surface area (TPSA) is 45.5 Å². The molecule has 2 aliphatic rings. The fourth-order valence-corrected chi connectivity index (χ4v) is 4.45. The van der Waals surface area contributed by atoms with Gasteiger partial charge in [-0.25, -0.2) is 4.98 Å². The molecule has 2 unspecified atom stereocenters. The Labute approximate surface area is 179 Å². The molecule has 1 aromatic heterocycles. The van der Waals surface area contributed by atoms with Crippen LogP contribution in [-0.4, -0.2) is 40.5 Å². The minimum atomic E-state index is 0. The average molecular weight is 479 g/mol. The lowest BCUT2D eigenvalue weighted by Crippen LogP contribution is -2.39. The Balaban J connectivity index is 0.00000210. The highest BCUT2D eigenvalue weighted by molar-refractivity contribution is 14.0. The van der Waals surface area contributed by atoms with E-state index in [1.165, 1.54) is 49.9 Å². The van der Waals surface area contributed by atoms with E-state index < -0.39 is 0 Å². The smallest absolute Gasteiger partial charge is 0.193 e. The highest BCUT2D eigenvalue weighted by Crippen LogP contribution is 2.35. The van der Waals surface area contributed by atoms with Crippen LogP contribution in [0.4, 0.5) is 0 Å². The number of nitrogens with one attached hydrogen (secondary N) is 1. The lowest BCUT2D eigenvalue weighted by atomic mass is 9.82. The molecule has 1 saturated heterocycles. The maximum atomic E-state index is 4.53. The van der Waals surface area contributed by atoms with E-state index >= 15 is 0 Å². The molecular weight excluding hydrogens is 449 g/mol. The highest BCUT2D eigenvalue weighted by Gasteiger charge is 2.35. The predicted octanol–water partition coefficient (Wildman–Crippen LogP) is 3.75. The Morgan fingerprint density at radius 3 is 2.37 bits per heavy atom. The van der Waals surface area contributed by atoms with Crippen molar-refractivity contribution >= 4 is 29.9 Å². The number of hydrogen-bond acceptors (Lipinski definition) is 2. The van der Waals surface area contributed by atoms with Crippen molar-refractivity contribution in [2.75, 3.05) is 20.1 Å². The van der Waals surface area contributed by atoms with Gasteiger partial charge in [-0.1, -0.05) is 37.1 Å². The molecule has 4 rings (SSSR count). The summed E-state index contributed by atoms with van der Waals surface area (Å²) in [6.45, 7) is 4.04. The van der Waals surface area contributed by atoms with Crippen molar-refractivity contribution in [2.24, 2.45) is 16.8 Å². The molecule has 6 heteroatoms. The van der Waals surface area contributed by atoms with Crippen LogP contribution in [0, 0.1) is 11.8 Å². The van der Waals surface area contributed by atoms with Gasteiger partial charge in [0.25, 0.3) is 0 Å². The van der Waals surface area contributed by atoms with Crippen molar-refractivity contribution in [3.05, 3.63) is 54.1 Å². The van der Waals surface area contributed by atoms with E-state index in [2.05, 4.69) is 49.0 Å². The predicted molar refractivity (Wildman–Crippen MR) is 120 cm³/mol. The van der Waals surface area contributed by atoms with Gasteiger partial charge in [0.2, 0.25) is 0 Å². The second-order valence-electron chi connectivity index (χ2n) is 7.66. The first-order chi connectivity index (χ1) is 12.8. The summed E-state index contributed by atoms with van der Waals surface area (Å²) in [6, 6.07) is 8.81. The minimum absolute atomic E-state index is 0. The number of fused-ring (bicyclic) bond motifs is 1. The van der Waals surface area contributed by atoms with Crippen LogP contribution >= 0.6 is 24.0 Å². The Kier molecular flexibility index (Phi) is 7.15. The fraction of sp³-hybridized carbons (Fsp3) is 0.524. The number of halogens is 1. The zero-order chi connectivity index (χ0) is 17.8. The van der Waals surface area contributed by atoms with Crippen molar-refractivity contribution in [3.8, 4) is 0 Å². The maximum absolute atomic E-state index is 4.53. The van der Waals surface area contributed by atoms with Crippen LogP contribution in [0.25, 0.3) is 0 Å². The summed E-state index contributed by atoms with van der Waals surface area (Å²) in [4.78, 5) is 11.1. The molecule has 146 valence electrons. The first kappa shape index (κ1) is 20.2. The molecule has 1 aliphatic heterocycles. The lowest BCUT2D eigenvalue weighted by molar-refractivity contribution is 0.299. The average Bonchev–Trinajstić information content (AvgIpc) is 3.33. The van der Waals surface area contributed by atoms with Crippen LogP contribution in [0.1, 0.15) is 36.8 Å². The van der Waals surface area contributed by atoms with Crippen LogP contribution in [0.5, 0.6) is 0 Å². The van der Waals surface area contributed by atoms with Crippen LogP contribution in [-0.2, 0) is 13.1 Å². The summed E-state index contributed by atoms with van der Waals surface area (Å²) in [5, 5.41) is 3.56. The van der Waals surface area contributed by atoms with E-state index in [9.17, 15) is 0 Å². The largest absolute Gasteiger partial charge is 0.352 e. The zero-order valence-electron chi connectivity index (χ0n) is 16.1. The van der Waals surface area contributed by atoms with Crippen molar-refractivity contribution in [2.45, 2.75) is 38.8 Å². The van der Waals surface area contributed by atoms with Crippen molar-refractivity contribution in [1.29, 1.82) is 0 Å². The molecule has 2 atom stereocenters. The highest BCUT2D eigenvalue weighted by atomic mass is 127. The summed E-state index contributed by atoms with van der Waals surface area (Å²) >= 11 is 0. The molecular formula is C21H30IN5. The number of likely N-dealkylation sites (tertiary alicyclic amines) is 1. The summed E-state index contributed by atoms with van der Waals surface area (Å²) in [5.74, 6) is 2.82. The van der Waals surface area contributed by atoms with Gasteiger partial charge in [0.1, 0.15) is 0 Å². The van der Waals surface area contributed by atoms with Crippen LogP contribution in [0.3, 0.4) is 0 Å². The van der Waals surface area contributed by atoms with Gasteiger partial charge in [-0.2, -0.15) is 0 Å². The third kappa shape index (κ3) is 5.03. The summed E-state index contributed by atoms with van der Waals surface area (Å²) in [5.41, 5.74) is 2.58. The van der Waals surface area contributed by atoms with Gasteiger partial charge >= 0.3 is 0 Å². The van der Waals surface area contributed by atoms with Crippen LogP contribution in [0.2, 0.25) is 0 Å². The molecule has 0 spiro atoms. The van der Waals surface area contributed by atoms with Crippen LogP contribution in [0.15, 0.2) is 48.0 Å². The van der Waals surface area contributed by atoms with Gasteiger partial charge in [0.15, 0.2) is 5.96 Å². The molecule has 0 amide bonds. The summed E-state index contributed by atoms with van der Waals surface area (Å²) in [7, 11) is 1.90. The number of rotatable bonds is 4. The fourth-order valence-electron chi connectivity index (χ4n) is 4.45. The van der Waals surface area contributed by atoms with E-state index in [0.717, 1.165) is 30.9 Å². The van der Waals surface area contributed by atoms with Crippen molar-refractivity contribution in [3.63, 3.8) is 0 Å². The molecule has 2 fully saturated rings. The summed E-state index contributed by atoms with van der Waals surface area (Å²) < 4.78 is 2.09. The number of aliphatic imine (C=N–C) groups is 1. The second-order valence-corrected chi connectivity index (χ2v) is 7.66. The molecule has 1 saturated carbocycles. The van der Waals surface area contributed by atoms with Crippen LogP contribution < -0.4 is 5.32 Å². The van der Waals surface area contributed by atoms with E-state index in [0.29, 0.717) is 0 Å². The molecule has 2 heterocycles. The normalized spacial score (nSPS) is 22.3. The van der Waals surface area contributed by atoms with Gasteiger partial charge in [0.05, 0.1) is 6.33 Å². The Bertz CT molecular complexity index is 712. The molecule has 2 aromatic rings. The molecule has 27 heavy (non-hydrogen) atoms. The first-order valence-corrected chi connectivity index (χ1v) is 9.81. The Morgan fingerprint density at radius 2 is 1.78 bits per heavy atom. The van der Waals surface area contributed by atoms with Crippen molar-refractivity contribution in [1.82, 2.24) is 19.8 Å². The number of imidazole rings is 1. The number of nitrogens with zero attached hydrogens (tertiary/aromatic N) is 4. The summed E-state index contributed by atoms with van der Waals surface area (Å²) in [6.07, 6.45) is 11.3. The van der Waals surface area contributed by atoms with Gasteiger partial charge in [-0.3, -0.25) is 4.99 Å². The van der Waals surface area contributed by atoms with E-state index in [4.69, 9.17) is 0 Å². The molecule has 1 N–H and O–H groups in total. The number of aromatic nitrogens is 2. The molecule has 0 bridgehead atoms. The van der Waals surface area contributed by atoms with Gasteiger partial charge in [-0.05, 0) is 35.8 Å². The monoisotopic (exact) mass is 479 g/mol. The zero-order valence-corrected chi connectivity index (χ0v) is 18.4. The van der Waals surface area contributed by atoms with E-state index in [1.54, 1.807) is 0 Å².